The quantitative estimate of drug-likeness (QED) is 0.503. The minimum absolute atomic E-state index is 0.126. The van der Waals surface area contributed by atoms with Crippen LogP contribution >= 0.6 is 0 Å². The molecule has 1 heterocycles. The fraction of sp³-hybridized carbons (Fsp3) is 0.529. The largest absolute Gasteiger partial charge is 0.445 e. The summed E-state index contributed by atoms with van der Waals surface area (Å²) in [6, 6.07) is 8.13. The second kappa shape index (κ2) is 8.44. The molecule has 1 saturated heterocycles. The average Bonchev–Trinajstić information content (AvgIpc) is 2.96. The summed E-state index contributed by atoms with van der Waals surface area (Å²) in [5, 5.41) is 6.32. The lowest BCUT2D eigenvalue weighted by molar-refractivity contribution is 0.0288. The van der Waals surface area contributed by atoms with Gasteiger partial charge in [-0.1, -0.05) is 35.4 Å². The molecule has 0 spiro atoms. The van der Waals surface area contributed by atoms with Gasteiger partial charge in [0.05, 0.1) is 12.1 Å². The third kappa shape index (κ3) is 5.86. The van der Waals surface area contributed by atoms with Gasteiger partial charge < -0.3 is 19.7 Å². The summed E-state index contributed by atoms with van der Waals surface area (Å²) in [5.41, 5.74) is 8.95. The molecule has 140 valence electrons. The first kappa shape index (κ1) is 19.4. The van der Waals surface area contributed by atoms with Crippen LogP contribution in [0.4, 0.5) is 9.59 Å². The van der Waals surface area contributed by atoms with Crippen molar-refractivity contribution in [3.05, 3.63) is 46.3 Å². The van der Waals surface area contributed by atoms with Gasteiger partial charge >= 0.3 is 12.2 Å². The number of ether oxygens (including phenoxy) is 2. The van der Waals surface area contributed by atoms with Gasteiger partial charge in [-0.15, -0.1) is 0 Å². The highest BCUT2D eigenvalue weighted by molar-refractivity contribution is 5.70. The number of benzene rings is 1. The summed E-state index contributed by atoms with van der Waals surface area (Å²) in [6.45, 7) is 5.77. The van der Waals surface area contributed by atoms with Crippen molar-refractivity contribution < 1.29 is 19.1 Å². The van der Waals surface area contributed by atoms with Crippen LogP contribution in [0.5, 0.6) is 0 Å². The van der Waals surface area contributed by atoms with Gasteiger partial charge in [-0.2, -0.15) is 0 Å². The zero-order valence-electron chi connectivity index (χ0n) is 15.1. The van der Waals surface area contributed by atoms with Gasteiger partial charge in [-0.25, -0.2) is 9.59 Å². The van der Waals surface area contributed by atoms with Crippen molar-refractivity contribution >= 4 is 12.2 Å². The van der Waals surface area contributed by atoms with E-state index in [1.54, 1.807) is 20.8 Å². The van der Waals surface area contributed by atoms with Crippen LogP contribution in [0.2, 0.25) is 0 Å². The summed E-state index contributed by atoms with van der Waals surface area (Å²) in [5.74, 6) is 0. The number of likely N-dealkylation sites (tertiary alicyclic amines) is 1. The predicted octanol–water partition coefficient (Wildman–Crippen LogP) is 3.21. The summed E-state index contributed by atoms with van der Waals surface area (Å²) in [6.07, 6.45) is -1.15. The molecule has 0 unspecified atom stereocenters. The van der Waals surface area contributed by atoms with Crippen molar-refractivity contribution in [2.75, 3.05) is 13.1 Å². The Morgan fingerprint density at radius 2 is 2.00 bits per heavy atom. The highest BCUT2D eigenvalue weighted by atomic mass is 16.6. The lowest BCUT2D eigenvalue weighted by atomic mass is 10.2. The second-order valence-corrected chi connectivity index (χ2v) is 6.97. The Balaban J connectivity index is 1.92. The second-order valence-electron chi connectivity index (χ2n) is 6.97. The summed E-state index contributed by atoms with van der Waals surface area (Å²) >= 11 is 0. The monoisotopic (exact) mass is 361 g/mol. The molecule has 1 aromatic rings. The van der Waals surface area contributed by atoms with E-state index in [9.17, 15) is 9.59 Å². The Morgan fingerprint density at radius 1 is 1.31 bits per heavy atom. The molecule has 0 bridgehead atoms. The Hall–Kier alpha value is -2.93. The van der Waals surface area contributed by atoms with Gasteiger partial charge in [-0.05, 0) is 31.9 Å². The SMILES string of the molecule is CC(C)(C)OC(=O)N1C[C@H](N=[N+]=[N-])[C@@H](NC(=O)OCc2ccccc2)C1. The standard InChI is InChI=1S/C17H23N5O4/c1-17(2,3)26-16(24)22-9-13(14(10-22)20-21-18)19-15(23)25-11-12-7-5-4-6-8-12/h4-8,13-14H,9-11H2,1-3H3,(H,19,23)/t13-,14-/m0/s1. The van der Waals surface area contributed by atoms with E-state index in [2.05, 4.69) is 15.3 Å². The summed E-state index contributed by atoms with van der Waals surface area (Å²) in [7, 11) is 0. The first-order valence-corrected chi connectivity index (χ1v) is 8.28. The van der Waals surface area contributed by atoms with Crippen LogP contribution in [-0.4, -0.2) is 47.9 Å². The number of carbonyl (C=O) groups excluding carboxylic acids is 2. The molecule has 9 nitrogen and oxygen atoms in total. The van der Waals surface area contributed by atoms with Gasteiger partial charge in [0, 0.05) is 18.0 Å². The first-order valence-electron chi connectivity index (χ1n) is 8.28. The van der Waals surface area contributed by atoms with E-state index >= 15 is 0 Å². The predicted molar refractivity (Wildman–Crippen MR) is 94.3 cm³/mol. The lowest BCUT2D eigenvalue weighted by Gasteiger charge is -2.24. The molecule has 1 fully saturated rings. The van der Waals surface area contributed by atoms with Crippen molar-refractivity contribution in [2.24, 2.45) is 5.11 Å². The maximum absolute atomic E-state index is 12.2. The Kier molecular flexibility index (Phi) is 6.30. The number of carbonyl (C=O) groups is 2. The van der Waals surface area contributed by atoms with Crippen LogP contribution in [0, 0.1) is 0 Å². The fourth-order valence-electron chi connectivity index (χ4n) is 2.50. The van der Waals surface area contributed by atoms with Gasteiger partial charge in [-0.3, -0.25) is 0 Å². The molecule has 9 heteroatoms. The van der Waals surface area contributed by atoms with Crippen LogP contribution in [0.1, 0.15) is 26.3 Å². The van der Waals surface area contributed by atoms with Gasteiger partial charge in [0.25, 0.3) is 0 Å². The van der Waals surface area contributed by atoms with Crippen molar-refractivity contribution in [2.45, 2.75) is 45.1 Å². The Morgan fingerprint density at radius 3 is 2.62 bits per heavy atom. The number of hydrogen-bond acceptors (Lipinski definition) is 5. The third-order valence-electron chi connectivity index (χ3n) is 3.66. The molecule has 2 atom stereocenters. The third-order valence-corrected chi connectivity index (χ3v) is 3.66. The number of hydrogen-bond donors (Lipinski definition) is 1. The molecular formula is C17H23N5O4. The fourth-order valence-corrected chi connectivity index (χ4v) is 2.50. The van der Waals surface area contributed by atoms with E-state index < -0.39 is 29.9 Å². The van der Waals surface area contributed by atoms with E-state index in [1.807, 2.05) is 30.3 Å². The molecule has 2 rings (SSSR count). The number of amides is 2. The number of nitrogens with zero attached hydrogens (tertiary/aromatic N) is 4. The van der Waals surface area contributed by atoms with Crippen LogP contribution in [0.3, 0.4) is 0 Å². The number of rotatable bonds is 4. The molecule has 1 aliphatic rings. The molecule has 0 radical (unpaired) electrons. The zero-order valence-corrected chi connectivity index (χ0v) is 15.1. The molecule has 1 aromatic carbocycles. The van der Waals surface area contributed by atoms with E-state index in [4.69, 9.17) is 15.0 Å². The van der Waals surface area contributed by atoms with E-state index in [-0.39, 0.29) is 19.7 Å². The normalized spacial score (nSPS) is 19.4. The number of alkyl carbamates (subject to hydrolysis) is 1. The minimum Gasteiger partial charge on any atom is -0.445 e. The highest BCUT2D eigenvalue weighted by Gasteiger charge is 2.37. The number of azide groups is 1. The minimum atomic E-state index is -0.636. The Labute approximate surface area is 151 Å². The molecule has 0 aromatic heterocycles. The van der Waals surface area contributed by atoms with Gasteiger partial charge in [0.15, 0.2) is 0 Å². The van der Waals surface area contributed by atoms with Crippen LogP contribution in [-0.2, 0) is 16.1 Å². The van der Waals surface area contributed by atoms with E-state index in [1.165, 1.54) is 4.90 Å². The molecule has 1 N–H and O–H groups in total. The van der Waals surface area contributed by atoms with Crippen LogP contribution < -0.4 is 5.32 Å². The topological polar surface area (TPSA) is 117 Å². The highest BCUT2D eigenvalue weighted by Crippen LogP contribution is 2.18. The molecule has 0 aliphatic carbocycles. The Bertz CT molecular complexity index is 682. The van der Waals surface area contributed by atoms with Crippen molar-refractivity contribution in [1.82, 2.24) is 10.2 Å². The zero-order chi connectivity index (χ0) is 19.2. The smallest absolute Gasteiger partial charge is 0.410 e. The summed E-state index contributed by atoms with van der Waals surface area (Å²) in [4.78, 5) is 28.4. The molecule has 26 heavy (non-hydrogen) atoms. The maximum atomic E-state index is 12.2. The van der Waals surface area contributed by atoms with Gasteiger partial charge in [0.2, 0.25) is 0 Å². The molecule has 1 aliphatic heterocycles. The van der Waals surface area contributed by atoms with Crippen LogP contribution in [0.25, 0.3) is 10.4 Å². The molecule has 0 saturated carbocycles. The number of nitrogens with one attached hydrogen (secondary N) is 1. The van der Waals surface area contributed by atoms with Crippen molar-refractivity contribution in [1.29, 1.82) is 0 Å². The molecular weight excluding hydrogens is 338 g/mol. The first-order chi connectivity index (χ1) is 12.3. The van der Waals surface area contributed by atoms with Crippen LogP contribution in [0.15, 0.2) is 35.4 Å². The average molecular weight is 361 g/mol. The summed E-state index contributed by atoms with van der Waals surface area (Å²) < 4.78 is 10.5. The lowest BCUT2D eigenvalue weighted by Crippen LogP contribution is -2.43. The van der Waals surface area contributed by atoms with Crippen molar-refractivity contribution in [3.8, 4) is 0 Å². The van der Waals surface area contributed by atoms with Crippen molar-refractivity contribution in [3.63, 3.8) is 0 Å². The van der Waals surface area contributed by atoms with Gasteiger partial charge in [0.1, 0.15) is 12.2 Å². The van der Waals surface area contributed by atoms with E-state index in [0.717, 1.165) is 5.56 Å². The molecule has 2 amide bonds. The van der Waals surface area contributed by atoms with E-state index in [0.29, 0.717) is 0 Å². The maximum Gasteiger partial charge on any atom is 0.410 e.